The highest BCUT2D eigenvalue weighted by Gasteiger charge is 2.17. The SMILES string of the molecule is CC(=O)C(=CC#CC1CC1)C(C)=O. The number of Topliss-reactive ketones (excluding diaryl/α,β-unsaturated/α-hetero) is 2. The first kappa shape index (κ1) is 9.73. The Balaban J connectivity index is 2.69. The number of hydrogen-bond donors (Lipinski definition) is 0. The third kappa shape index (κ3) is 3.25. The van der Waals surface area contributed by atoms with Crippen molar-refractivity contribution in [2.24, 2.45) is 5.92 Å². The van der Waals surface area contributed by atoms with Crippen LogP contribution in [-0.4, -0.2) is 11.6 Å². The van der Waals surface area contributed by atoms with Crippen LogP contribution in [0.1, 0.15) is 26.7 Å². The van der Waals surface area contributed by atoms with Crippen LogP contribution in [0.25, 0.3) is 0 Å². The lowest BCUT2D eigenvalue weighted by Crippen LogP contribution is -2.05. The van der Waals surface area contributed by atoms with Crippen molar-refractivity contribution >= 4 is 11.6 Å². The molecule has 0 bridgehead atoms. The van der Waals surface area contributed by atoms with Gasteiger partial charge in [0.2, 0.25) is 0 Å². The lowest BCUT2D eigenvalue weighted by molar-refractivity contribution is -0.119. The summed E-state index contributed by atoms with van der Waals surface area (Å²) >= 11 is 0. The summed E-state index contributed by atoms with van der Waals surface area (Å²) < 4.78 is 0. The molecule has 2 nitrogen and oxygen atoms in total. The summed E-state index contributed by atoms with van der Waals surface area (Å²) in [6, 6.07) is 0. The first-order valence-corrected chi connectivity index (χ1v) is 4.34. The van der Waals surface area contributed by atoms with Crippen LogP contribution in [0.4, 0.5) is 0 Å². The second-order valence-corrected chi connectivity index (χ2v) is 3.23. The maximum Gasteiger partial charge on any atom is 0.164 e. The number of carbonyl (C=O) groups is 2. The van der Waals surface area contributed by atoms with E-state index in [1.165, 1.54) is 19.9 Å². The Hall–Kier alpha value is -1.36. The van der Waals surface area contributed by atoms with E-state index in [0.29, 0.717) is 5.92 Å². The van der Waals surface area contributed by atoms with Crippen molar-refractivity contribution < 1.29 is 9.59 Å². The molecule has 0 atom stereocenters. The molecular weight excluding hydrogens is 164 g/mol. The quantitative estimate of drug-likeness (QED) is 0.276. The second kappa shape index (κ2) is 4.04. The maximum atomic E-state index is 10.9. The Labute approximate surface area is 78.0 Å². The zero-order chi connectivity index (χ0) is 9.84. The summed E-state index contributed by atoms with van der Waals surface area (Å²) in [6.07, 6.45) is 3.73. The molecule has 1 fully saturated rings. The molecule has 0 aromatic carbocycles. The average Bonchev–Trinajstić information content (AvgIpc) is 2.79. The number of carbonyl (C=O) groups excluding carboxylic acids is 2. The molecule has 68 valence electrons. The Morgan fingerprint density at radius 2 is 1.77 bits per heavy atom. The standard InChI is InChI=1S/C11H12O2/c1-8(12)11(9(2)13)5-3-4-10-6-7-10/h5,10H,6-7H2,1-2H3. The summed E-state index contributed by atoms with van der Waals surface area (Å²) in [6.45, 7) is 2.76. The third-order valence-electron chi connectivity index (χ3n) is 1.84. The van der Waals surface area contributed by atoms with E-state index in [-0.39, 0.29) is 17.1 Å². The zero-order valence-electron chi connectivity index (χ0n) is 7.89. The van der Waals surface area contributed by atoms with Gasteiger partial charge in [-0.2, -0.15) is 0 Å². The summed E-state index contributed by atoms with van der Waals surface area (Å²) in [5.74, 6) is 5.80. The van der Waals surface area contributed by atoms with Gasteiger partial charge in [0.1, 0.15) is 0 Å². The predicted molar refractivity (Wildman–Crippen MR) is 49.9 cm³/mol. The molecular formula is C11H12O2. The van der Waals surface area contributed by atoms with E-state index in [1.54, 1.807) is 0 Å². The molecule has 0 aromatic rings. The fourth-order valence-corrected chi connectivity index (χ4v) is 0.911. The van der Waals surface area contributed by atoms with Crippen LogP contribution in [0, 0.1) is 17.8 Å². The summed E-state index contributed by atoms with van der Waals surface area (Å²) in [5.41, 5.74) is 0.202. The minimum atomic E-state index is -0.211. The van der Waals surface area contributed by atoms with Crippen molar-refractivity contribution in [3.05, 3.63) is 11.6 Å². The van der Waals surface area contributed by atoms with Crippen LogP contribution in [0.5, 0.6) is 0 Å². The van der Waals surface area contributed by atoms with Gasteiger partial charge >= 0.3 is 0 Å². The van der Waals surface area contributed by atoms with Crippen LogP contribution in [0.3, 0.4) is 0 Å². The maximum absolute atomic E-state index is 10.9. The number of ketones is 2. The first-order chi connectivity index (χ1) is 6.11. The van der Waals surface area contributed by atoms with E-state index in [1.807, 2.05) is 0 Å². The van der Waals surface area contributed by atoms with Crippen LogP contribution >= 0.6 is 0 Å². The molecule has 0 N–H and O–H groups in total. The van der Waals surface area contributed by atoms with Gasteiger partial charge in [-0.15, -0.1) is 0 Å². The fourth-order valence-electron chi connectivity index (χ4n) is 0.911. The van der Waals surface area contributed by atoms with Crippen molar-refractivity contribution in [2.45, 2.75) is 26.7 Å². The monoisotopic (exact) mass is 176 g/mol. The molecule has 0 radical (unpaired) electrons. The molecule has 0 saturated heterocycles. The van der Waals surface area contributed by atoms with Gasteiger partial charge in [0.05, 0.1) is 5.57 Å². The predicted octanol–water partition coefficient (Wildman–Crippen LogP) is 1.50. The van der Waals surface area contributed by atoms with E-state index in [9.17, 15) is 9.59 Å². The van der Waals surface area contributed by atoms with Crippen LogP contribution in [0.2, 0.25) is 0 Å². The van der Waals surface area contributed by atoms with Crippen LogP contribution in [0.15, 0.2) is 11.6 Å². The fraction of sp³-hybridized carbons (Fsp3) is 0.455. The summed E-state index contributed by atoms with van der Waals surface area (Å²) in [5, 5.41) is 0. The van der Waals surface area contributed by atoms with Crippen LogP contribution in [-0.2, 0) is 9.59 Å². The van der Waals surface area contributed by atoms with Gasteiger partial charge in [-0.3, -0.25) is 9.59 Å². The Kier molecular flexibility index (Phi) is 3.02. The highest BCUT2D eigenvalue weighted by Crippen LogP contribution is 2.27. The molecule has 0 aromatic heterocycles. The molecule has 0 aliphatic heterocycles. The van der Waals surface area contributed by atoms with Gasteiger partial charge in [-0.25, -0.2) is 0 Å². The lowest BCUT2D eigenvalue weighted by Gasteiger charge is -1.92. The number of hydrogen-bond acceptors (Lipinski definition) is 2. The molecule has 0 heterocycles. The Morgan fingerprint density at radius 3 is 2.15 bits per heavy atom. The molecule has 2 heteroatoms. The molecule has 1 saturated carbocycles. The van der Waals surface area contributed by atoms with Crippen molar-refractivity contribution in [3.63, 3.8) is 0 Å². The highest BCUT2D eigenvalue weighted by atomic mass is 16.1. The Bertz CT molecular complexity index is 306. The van der Waals surface area contributed by atoms with E-state index < -0.39 is 0 Å². The first-order valence-electron chi connectivity index (χ1n) is 4.34. The minimum Gasteiger partial charge on any atom is -0.294 e. The highest BCUT2D eigenvalue weighted by molar-refractivity contribution is 6.18. The molecule has 0 unspecified atom stereocenters. The Morgan fingerprint density at radius 1 is 1.23 bits per heavy atom. The van der Waals surface area contributed by atoms with Gasteiger partial charge in [0.25, 0.3) is 0 Å². The molecule has 13 heavy (non-hydrogen) atoms. The van der Waals surface area contributed by atoms with Gasteiger partial charge in [0, 0.05) is 12.0 Å². The molecule has 0 amide bonds. The third-order valence-corrected chi connectivity index (χ3v) is 1.84. The topological polar surface area (TPSA) is 34.1 Å². The van der Waals surface area contributed by atoms with Crippen LogP contribution < -0.4 is 0 Å². The average molecular weight is 176 g/mol. The molecule has 0 spiro atoms. The van der Waals surface area contributed by atoms with Crippen molar-refractivity contribution in [2.75, 3.05) is 0 Å². The van der Waals surface area contributed by atoms with Gasteiger partial charge in [-0.1, -0.05) is 11.8 Å². The molecule has 1 aliphatic carbocycles. The zero-order valence-corrected chi connectivity index (χ0v) is 7.89. The van der Waals surface area contributed by atoms with E-state index in [0.717, 1.165) is 12.8 Å². The smallest absolute Gasteiger partial charge is 0.164 e. The lowest BCUT2D eigenvalue weighted by atomic mass is 10.1. The summed E-state index contributed by atoms with van der Waals surface area (Å²) in [4.78, 5) is 21.8. The van der Waals surface area contributed by atoms with Gasteiger partial charge in [0.15, 0.2) is 11.6 Å². The van der Waals surface area contributed by atoms with Crippen molar-refractivity contribution in [3.8, 4) is 11.8 Å². The van der Waals surface area contributed by atoms with Gasteiger partial charge in [-0.05, 0) is 26.7 Å². The largest absolute Gasteiger partial charge is 0.294 e. The minimum absolute atomic E-state index is 0.202. The number of rotatable bonds is 2. The van der Waals surface area contributed by atoms with E-state index in [4.69, 9.17) is 0 Å². The van der Waals surface area contributed by atoms with E-state index in [2.05, 4.69) is 11.8 Å². The number of allylic oxidation sites excluding steroid dienone is 2. The van der Waals surface area contributed by atoms with Gasteiger partial charge < -0.3 is 0 Å². The molecule has 1 aliphatic rings. The van der Waals surface area contributed by atoms with E-state index >= 15 is 0 Å². The second-order valence-electron chi connectivity index (χ2n) is 3.23. The summed E-state index contributed by atoms with van der Waals surface area (Å²) in [7, 11) is 0. The normalized spacial score (nSPS) is 14.0. The van der Waals surface area contributed by atoms with Crippen molar-refractivity contribution in [1.82, 2.24) is 0 Å². The van der Waals surface area contributed by atoms with Crippen molar-refractivity contribution in [1.29, 1.82) is 0 Å². The molecule has 1 rings (SSSR count).